The average Bonchev–Trinajstić information content (AvgIpc) is 2.65. The molecule has 1 unspecified atom stereocenters. The summed E-state index contributed by atoms with van der Waals surface area (Å²) in [4.78, 5) is 26.1. The lowest BCUT2D eigenvalue weighted by Gasteiger charge is -2.12. The van der Waals surface area contributed by atoms with Crippen molar-refractivity contribution < 1.29 is 4.79 Å². The molecule has 0 spiro atoms. The SMILES string of the molecule is CC(C)CC(C)C(=O)c1ccc2[nH]c(=O)sc2c1. The lowest BCUT2D eigenvalue weighted by Crippen LogP contribution is -2.13. The number of H-pyrrole nitrogens is 1. The predicted octanol–water partition coefficient (Wildman–Crippen LogP) is 3.45. The van der Waals surface area contributed by atoms with Gasteiger partial charge in [-0.15, -0.1) is 0 Å². The molecular formula is C14H17NO2S. The van der Waals surface area contributed by atoms with E-state index in [2.05, 4.69) is 18.8 Å². The van der Waals surface area contributed by atoms with E-state index in [-0.39, 0.29) is 16.6 Å². The van der Waals surface area contributed by atoms with Crippen LogP contribution in [0.1, 0.15) is 37.6 Å². The lowest BCUT2D eigenvalue weighted by atomic mass is 9.91. The average molecular weight is 263 g/mol. The Morgan fingerprint density at radius 1 is 1.33 bits per heavy atom. The Morgan fingerprint density at radius 3 is 2.72 bits per heavy atom. The first kappa shape index (κ1) is 13.0. The quantitative estimate of drug-likeness (QED) is 0.859. The van der Waals surface area contributed by atoms with Gasteiger partial charge in [0.1, 0.15) is 0 Å². The van der Waals surface area contributed by atoms with Gasteiger partial charge in [0.05, 0.1) is 10.2 Å². The summed E-state index contributed by atoms with van der Waals surface area (Å²) < 4.78 is 0.850. The molecular weight excluding hydrogens is 246 g/mol. The summed E-state index contributed by atoms with van der Waals surface area (Å²) in [7, 11) is 0. The predicted molar refractivity (Wildman–Crippen MR) is 75.4 cm³/mol. The third-order valence-corrected chi connectivity index (χ3v) is 3.82. The number of aromatic amines is 1. The van der Waals surface area contributed by atoms with Crippen molar-refractivity contribution in [3.63, 3.8) is 0 Å². The molecule has 1 heterocycles. The molecule has 0 bridgehead atoms. The number of rotatable bonds is 4. The topological polar surface area (TPSA) is 49.9 Å². The molecule has 0 fully saturated rings. The minimum atomic E-state index is -0.0789. The van der Waals surface area contributed by atoms with E-state index in [1.165, 1.54) is 0 Å². The molecule has 0 saturated heterocycles. The van der Waals surface area contributed by atoms with Crippen LogP contribution in [0.2, 0.25) is 0 Å². The second kappa shape index (κ2) is 5.06. The van der Waals surface area contributed by atoms with Gasteiger partial charge in [-0.05, 0) is 30.5 Å². The lowest BCUT2D eigenvalue weighted by molar-refractivity contribution is 0.0915. The zero-order chi connectivity index (χ0) is 13.3. The van der Waals surface area contributed by atoms with E-state index in [0.717, 1.165) is 28.0 Å². The zero-order valence-corrected chi connectivity index (χ0v) is 11.6. The van der Waals surface area contributed by atoms with Gasteiger partial charge in [0.2, 0.25) is 0 Å². The Kier molecular flexibility index (Phi) is 3.66. The molecule has 1 N–H and O–H groups in total. The van der Waals surface area contributed by atoms with Gasteiger partial charge in [0, 0.05) is 11.5 Å². The number of aromatic nitrogens is 1. The van der Waals surface area contributed by atoms with E-state index in [0.29, 0.717) is 11.5 Å². The number of thiazole rings is 1. The van der Waals surface area contributed by atoms with Gasteiger partial charge in [0.25, 0.3) is 0 Å². The summed E-state index contributed by atoms with van der Waals surface area (Å²) in [5.41, 5.74) is 1.50. The maximum Gasteiger partial charge on any atom is 0.305 e. The highest BCUT2D eigenvalue weighted by Crippen LogP contribution is 2.21. The molecule has 0 radical (unpaired) electrons. The summed E-state index contributed by atoms with van der Waals surface area (Å²) in [5.74, 6) is 0.695. The van der Waals surface area contributed by atoms with Crippen LogP contribution in [0.4, 0.5) is 0 Å². The Hall–Kier alpha value is -1.42. The van der Waals surface area contributed by atoms with Crippen LogP contribution in [0.3, 0.4) is 0 Å². The molecule has 2 aromatic rings. The first-order chi connectivity index (χ1) is 8.47. The van der Waals surface area contributed by atoms with E-state index < -0.39 is 0 Å². The number of Topliss-reactive ketones (excluding diaryl/α,β-unsaturated/α-hetero) is 1. The minimum absolute atomic E-state index is 0.0260. The van der Waals surface area contributed by atoms with Crippen LogP contribution in [-0.4, -0.2) is 10.8 Å². The van der Waals surface area contributed by atoms with E-state index >= 15 is 0 Å². The normalized spacial score (nSPS) is 13.1. The van der Waals surface area contributed by atoms with Crippen molar-refractivity contribution in [2.75, 3.05) is 0 Å². The Bertz CT molecular complexity index is 624. The van der Waals surface area contributed by atoms with Gasteiger partial charge in [-0.2, -0.15) is 0 Å². The second-order valence-electron chi connectivity index (χ2n) is 5.12. The van der Waals surface area contributed by atoms with Gasteiger partial charge in [0.15, 0.2) is 5.78 Å². The molecule has 1 aromatic carbocycles. The summed E-state index contributed by atoms with van der Waals surface area (Å²) in [6, 6.07) is 5.42. The van der Waals surface area contributed by atoms with Crippen molar-refractivity contribution in [2.45, 2.75) is 27.2 Å². The Morgan fingerprint density at radius 2 is 2.06 bits per heavy atom. The van der Waals surface area contributed by atoms with Crippen LogP contribution >= 0.6 is 11.3 Å². The third kappa shape index (κ3) is 2.70. The molecule has 2 rings (SSSR count). The van der Waals surface area contributed by atoms with Crippen molar-refractivity contribution in [3.05, 3.63) is 33.4 Å². The fraction of sp³-hybridized carbons (Fsp3) is 0.429. The van der Waals surface area contributed by atoms with Crippen molar-refractivity contribution in [1.29, 1.82) is 0 Å². The molecule has 1 aromatic heterocycles. The first-order valence-electron chi connectivity index (χ1n) is 6.14. The molecule has 1 atom stereocenters. The van der Waals surface area contributed by atoms with Crippen molar-refractivity contribution in [3.8, 4) is 0 Å². The van der Waals surface area contributed by atoms with Crippen LogP contribution in [-0.2, 0) is 0 Å². The summed E-state index contributed by atoms with van der Waals surface area (Å²) in [6.07, 6.45) is 0.889. The maximum atomic E-state index is 12.2. The highest BCUT2D eigenvalue weighted by molar-refractivity contribution is 7.16. The summed E-state index contributed by atoms with van der Waals surface area (Å²) in [5, 5.41) is 0. The largest absolute Gasteiger partial charge is 0.312 e. The molecule has 0 saturated carbocycles. The van der Waals surface area contributed by atoms with Crippen molar-refractivity contribution in [1.82, 2.24) is 4.98 Å². The highest BCUT2D eigenvalue weighted by Gasteiger charge is 2.17. The molecule has 18 heavy (non-hydrogen) atoms. The number of carbonyl (C=O) groups is 1. The van der Waals surface area contributed by atoms with E-state index in [1.807, 2.05) is 19.1 Å². The number of fused-ring (bicyclic) bond motifs is 1. The van der Waals surface area contributed by atoms with Gasteiger partial charge in [-0.25, -0.2) is 0 Å². The number of benzene rings is 1. The number of carbonyl (C=O) groups excluding carboxylic acids is 1. The maximum absolute atomic E-state index is 12.2. The molecule has 96 valence electrons. The van der Waals surface area contributed by atoms with Gasteiger partial charge >= 0.3 is 4.87 Å². The van der Waals surface area contributed by atoms with Gasteiger partial charge in [-0.1, -0.05) is 32.1 Å². The van der Waals surface area contributed by atoms with Crippen LogP contribution < -0.4 is 4.87 Å². The van der Waals surface area contributed by atoms with E-state index in [9.17, 15) is 9.59 Å². The Labute approximate surface area is 110 Å². The first-order valence-corrected chi connectivity index (χ1v) is 6.96. The fourth-order valence-corrected chi connectivity index (χ4v) is 2.97. The number of hydrogen-bond donors (Lipinski definition) is 1. The monoisotopic (exact) mass is 263 g/mol. The van der Waals surface area contributed by atoms with E-state index in [1.54, 1.807) is 6.07 Å². The second-order valence-corrected chi connectivity index (χ2v) is 6.14. The Balaban J connectivity index is 2.30. The minimum Gasteiger partial charge on any atom is -0.312 e. The number of hydrogen-bond acceptors (Lipinski definition) is 3. The molecule has 4 heteroatoms. The van der Waals surface area contributed by atoms with Crippen molar-refractivity contribution in [2.24, 2.45) is 11.8 Å². The third-order valence-electron chi connectivity index (χ3n) is 2.98. The fourth-order valence-electron chi connectivity index (χ4n) is 2.20. The van der Waals surface area contributed by atoms with Gasteiger partial charge < -0.3 is 4.98 Å². The van der Waals surface area contributed by atoms with Crippen LogP contribution in [0.25, 0.3) is 10.2 Å². The van der Waals surface area contributed by atoms with Gasteiger partial charge in [-0.3, -0.25) is 9.59 Å². The van der Waals surface area contributed by atoms with E-state index in [4.69, 9.17) is 0 Å². The molecule has 3 nitrogen and oxygen atoms in total. The molecule has 0 amide bonds. The van der Waals surface area contributed by atoms with Crippen LogP contribution in [0.15, 0.2) is 23.0 Å². The number of nitrogens with one attached hydrogen (secondary N) is 1. The zero-order valence-electron chi connectivity index (χ0n) is 10.8. The van der Waals surface area contributed by atoms with Crippen molar-refractivity contribution >= 4 is 27.3 Å². The van der Waals surface area contributed by atoms with Crippen LogP contribution in [0.5, 0.6) is 0 Å². The number of ketones is 1. The molecule has 0 aliphatic rings. The standard InChI is InChI=1S/C14H17NO2S/c1-8(2)6-9(3)13(16)10-4-5-11-12(7-10)18-14(17)15-11/h4-5,7-9H,6H2,1-3H3,(H,15,17). The highest BCUT2D eigenvalue weighted by atomic mass is 32.1. The summed E-state index contributed by atoms with van der Waals surface area (Å²) in [6.45, 7) is 6.20. The molecule has 0 aliphatic carbocycles. The molecule has 0 aliphatic heterocycles. The van der Waals surface area contributed by atoms with Crippen LogP contribution in [0, 0.1) is 11.8 Å². The summed E-state index contributed by atoms with van der Waals surface area (Å²) >= 11 is 1.15. The smallest absolute Gasteiger partial charge is 0.305 e.